The number of ether oxygens (including phenoxy) is 1. The second-order valence-electron chi connectivity index (χ2n) is 13.0. The van der Waals surface area contributed by atoms with Gasteiger partial charge in [-0.25, -0.2) is 13.2 Å². The van der Waals surface area contributed by atoms with Crippen LogP contribution in [-0.4, -0.2) is 69.5 Å². The van der Waals surface area contributed by atoms with E-state index in [0.29, 0.717) is 41.4 Å². The van der Waals surface area contributed by atoms with E-state index in [9.17, 15) is 13.9 Å². The van der Waals surface area contributed by atoms with Crippen molar-refractivity contribution >= 4 is 27.5 Å². The summed E-state index contributed by atoms with van der Waals surface area (Å²) in [6.07, 6.45) is 12.0. The number of nitrogens with zero attached hydrogens (tertiary/aromatic N) is 5. The van der Waals surface area contributed by atoms with Crippen molar-refractivity contribution in [2.75, 3.05) is 37.7 Å². The van der Waals surface area contributed by atoms with E-state index >= 15 is 4.39 Å². The van der Waals surface area contributed by atoms with Crippen LogP contribution >= 0.6 is 0 Å². The third-order valence-electron chi connectivity index (χ3n) is 10.2. The van der Waals surface area contributed by atoms with Gasteiger partial charge < -0.3 is 14.7 Å². The number of fused-ring (bicyclic) bond motifs is 5. The van der Waals surface area contributed by atoms with E-state index in [2.05, 4.69) is 25.7 Å². The smallest absolute Gasteiger partial charge is 0.319 e. The monoisotopic (exact) mass is 599 g/mol. The van der Waals surface area contributed by atoms with E-state index in [-0.39, 0.29) is 46.1 Å². The summed E-state index contributed by atoms with van der Waals surface area (Å²) in [6.45, 7) is 3.03. The Kier molecular flexibility index (Phi) is 6.38. The lowest BCUT2D eigenvalue weighted by molar-refractivity contribution is 0.107. The number of hydrogen-bond donors (Lipinski definition) is 1. The first-order valence-electron chi connectivity index (χ1n) is 15.4. The molecule has 226 valence electrons. The standard InChI is InChI=1S/C34H32F3N5O2/c1-2-24-27(36)7-6-21-11-23(43)12-25(28(21)24)30-29(37)31-26(14-38-30)32(41-15-19-4-5-20(10-19)16-41)40-33(39-31)44-18-34-8-3-9-42(34)17-22(35)13-34/h1,6-7,11-12,14,19-20,22,43H,3-5,8-10,13,15-18H2/t19?,20?,22-,34+/m1/s1. The summed E-state index contributed by atoms with van der Waals surface area (Å²) in [5, 5.41) is 11.7. The molecule has 1 aliphatic carbocycles. The molecule has 4 aliphatic rings. The molecule has 2 unspecified atom stereocenters. The van der Waals surface area contributed by atoms with Crippen LogP contribution in [0.3, 0.4) is 0 Å². The van der Waals surface area contributed by atoms with Gasteiger partial charge in [0.25, 0.3) is 0 Å². The maximum Gasteiger partial charge on any atom is 0.319 e. The van der Waals surface area contributed by atoms with Crippen molar-refractivity contribution in [3.8, 4) is 35.4 Å². The molecule has 2 aromatic carbocycles. The fourth-order valence-electron chi connectivity index (χ4n) is 8.30. The molecule has 0 spiro atoms. The van der Waals surface area contributed by atoms with E-state index in [1.165, 1.54) is 36.9 Å². The van der Waals surface area contributed by atoms with E-state index < -0.39 is 23.3 Å². The zero-order valence-electron chi connectivity index (χ0n) is 24.2. The van der Waals surface area contributed by atoms with Crippen molar-refractivity contribution in [1.82, 2.24) is 19.9 Å². The molecule has 5 heterocycles. The van der Waals surface area contributed by atoms with Gasteiger partial charge >= 0.3 is 6.01 Å². The van der Waals surface area contributed by atoms with Gasteiger partial charge in [0.05, 0.1) is 16.5 Å². The molecular weight excluding hydrogens is 567 g/mol. The number of hydrogen-bond acceptors (Lipinski definition) is 7. The van der Waals surface area contributed by atoms with Crippen LogP contribution in [0.4, 0.5) is 19.0 Å². The van der Waals surface area contributed by atoms with Crippen LogP contribution in [0.5, 0.6) is 11.8 Å². The van der Waals surface area contributed by atoms with Crippen LogP contribution in [0, 0.1) is 35.8 Å². The SMILES string of the molecule is C#Cc1c(F)ccc2cc(O)cc(-c3ncc4c(N5CC6CCC(C6)C5)nc(OC[C@@]56CCCN5C[C@H](F)C6)nc4c3F)c12. The Balaban J connectivity index is 1.28. The topological polar surface area (TPSA) is 74.6 Å². The van der Waals surface area contributed by atoms with Gasteiger partial charge in [0.1, 0.15) is 41.4 Å². The minimum Gasteiger partial charge on any atom is -0.508 e. The molecule has 0 amide bonds. The van der Waals surface area contributed by atoms with Crippen molar-refractivity contribution in [2.24, 2.45) is 11.8 Å². The molecule has 10 heteroatoms. The van der Waals surface area contributed by atoms with Gasteiger partial charge in [0, 0.05) is 43.2 Å². The molecule has 2 aromatic heterocycles. The number of pyridine rings is 1. The molecule has 2 bridgehead atoms. The second kappa shape index (κ2) is 10.2. The molecule has 1 saturated carbocycles. The molecule has 4 fully saturated rings. The van der Waals surface area contributed by atoms with Gasteiger partial charge in [-0.1, -0.05) is 12.0 Å². The second-order valence-corrected chi connectivity index (χ2v) is 13.0. The number of phenolic OH excluding ortho intramolecular Hbond substituents is 1. The Bertz CT molecular complexity index is 1850. The fourth-order valence-corrected chi connectivity index (χ4v) is 8.30. The number of alkyl halides is 1. The Hall–Kier alpha value is -4.10. The summed E-state index contributed by atoms with van der Waals surface area (Å²) < 4.78 is 52.2. The first kappa shape index (κ1) is 27.4. The number of aromatic hydroxyl groups is 1. The predicted molar refractivity (Wildman–Crippen MR) is 161 cm³/mol. The maximum atomic E-state index is 16.7. The highest BCUT2D eigenvalue weighted by molar-refractivity contribution is 6.03. The number of rotatable bonds is 5. The minimum absolute atomic E-state index is 0.0126. The van der Waals surface area contributed by atoms with E-state index in [4.69, 9.17) is 16.1 Å². The van der Waals surface area contributed by atoms with Crippen molar-refractivity contribution in [2.45, 2.75) is 50.2 Å². The van der Waals surface area contributed by atoms with Crippen LogP contribution in [-0.2, 0) is 0 Å². The molecule has 8 rings (SSSR count). The summed E-state index contributed by atoms with van der Waals surface area (Å²) in [6, 6.07) is 5.53. The van der Waals surface area contributed by atoms with Gasteiger partial charge in [-0.15, -0.1) is 6.42 Å². The lowest BCUT2D eigenvalue weighted by atomic mass is 9.95. The molecule has 1 N–H and O–H groups in total. The number of anilines is 1. The highest BCUT2D eigenvalue weighted by atomic mass is 19.1. The zero-order chi connectivity index (χ0) is 30.2. The Labute approximate surface area is 253 Å². The number of terminal acetylenes is 1. The number of piperidine rings is 1. The van der Waals surface area contributed by atoms with Gasteiger partial charge in [-0.2, -0.15) is 9.97 Å². The highest BCUT2D eigenvalue weighted by Crippen LogP contribution is 2.43. The summed E-state index contributed by atoms with van der Waals surface area (Å²) >= 11 is 0. The number of phenols is 1. The third kappa shape index (κ3) is 4.35. The molecule has 44 heavy (non-hydrogen) atoms. The Morgan fingerprint density at radius 2 is 1.93 bits per heavy atom. The van der Waals surface area contributed by atoms with Gasteiger partial charge in [0.2, 0.25) is 0 Å². The molecule has 0 radical (unpaired) electrons. The average Bonchev–Trinajstić information content (AvgIpc) is 3.66. The van der Waals surface area contributed by atoms with Crippen molar-refractivity contribution in [3.05, 3.63) is 47.7 Å². The molecule has 7 nitrogen and oxygen atoms in total. The maximum absolute atomic E-state index is 16.7. The minimum atomic E-state index is -0.906. The quantitative estimate of drug-likeness (QED) is 0.282. The normalized spacial score (nSPS) is 26.4. The van der Waals surface area contributed by atoms with Crippen LogP contribution in [0.15, 0.2) is 30.5 Å². The first-order valence-corrected chi connectivity index (χ1v) is 15.4. The molecule has 3 aliphatic heterocycles. The lowest BCUT2D eigenvalue weighted by Crippen LogP contribution is -2.43. The average molecular weight is 600 g/mol. The molecule has 4 aromatic rings. The molecule has 4 atom stereocenters. The molecule has 3 saturated heterocycles. The van der Waals surface area contributed by atoms with E-state index in [1.54, 1.807) is 0 Å². The van der Waals surface area contributed by atoms with Crippen molar-refractivity contribution in [1.29, 1.82) is 0 Å². The Morgan fingerprint density at radius 3 is 2.73 bits per heavy atom. The summed E-state index contributed by atoms with van der Waals surface area (Å²) in [7, 11) is 0. The Morgan fingerprint density at radius 1 is 1.11 bits per heavy atom. The highest BCUT2D eigenvalue weighted by Gasteiger charge is 2.49. The van der Waals surface area contributed by atoms with Gasteiger partial charge in [-0.05, 0) is 74.1 Å². The number of halogens is 3. The van der Waals surface area contributed by atoms with Crippen molar-refractivity contribution < 1.29 is 23.0 Å². The van der Waals surface area contributed by atoms with Crippen LogP contribution < -0.4 is 9.64 Å². The third-order valence-corrected chi connectivity index (χ3v) is 10.2. The predicted octanol–water partition coefficient (Wildman–Crippen LogP) is 6.00. The number of aromatic nitrogens is 3. The van der Waals surface area contributed by atoms with Crippen LogP contribution in [0.2, 0.25) is 0 Å². The fraction of sp³-hybridized carbons (Fsp3) is 0.441. The summed E-state index contributed by atoms with van der Waals surface area (Å²) in [4.78, 5) is 18.2. The van der Waals surface area contributed by atoms with Crippen LogP contribution in [0.1, 0.15) is 44.1 Å². The van der Waals surface area contributed by atoms with Crippen molar-refractivity contribution in [3.63, 3.8) is 0 Å². The lowest BCUT2D eigenvalue weighted by Gasteiger charge is -2.34. The first-order chi connectivity index (χ1) is 21.3. The largest absolute Gasteiger partial charge is 0.508 e. The molecular formula is C34H32F3N5O2. The van der Waals surface area contributed by atoms with Crippen LogP contribution in [0.25, 0.3) is 32.9 Å². The summed E-state index contributed by atoms with van der Waals surface area (Å²) in [5.74, 6) is 2.51. The summed E-state index contributed by atoms with van der Waals surface area (Å²) in [5.41, 5.74) is -0.408. The van der Waals surface area contributed by atoms with E-state index in [1.807, 2.05) is 0 Å². The number of benzene rings is 2. The van der Waals surface area contributed by atoms with Gasteiger partial charge in [0.15, 0.2) is 5.82 Å². The van der Waals surface area contributed by atoms with Gasteiger partial charge in [-0.3, -0.25) is 9.88 Å². The van der Waals surface area contributed by atoms with E-state index in [0.717, 1.165) is 45.3 Å². The zero-order valence-corrected chi connectivity index (χ0v) is 24.2.